The Morgan fingerprint density at radius 1 is 1.14 bits per heavy atom. The number of nitrogens with one attached hydrogen (secondary N) is 1. The number of carbonyl (C=O) groups excluding carboxylic acids is 2. The van der Waals surface area contributed by atoms with Crippen LogP contribution in [0.2, 0.25) is 0 Å². The minimum absolute atomic E-state index is 0.0207. The van der Waals surface area contributed by atoms with Crippen LogP contribution in [0.1, 0.15) is 35.7 Å². The zero-order valence-electron chi connectivity index (χ0n) is 16.1. The van der Waals surface area contributed by atoms with Crippen molar-refractivity contribution in [3.8, 4) is 5.75 Å². The molecule has 150 valence electrons. The molecule has 0 aliphatic rings. The summed E-state index contributed by atoms with van der Waals surface area (Å²) in [6.45, 7) is 2.52. The summed E-state index contributed by atoms with van der Waals surface area (Å²) in [5.74, 6) is 1.28. The van der Waals surface area contributed by atoms with Crippen molar-refractivity contribution in [2.75, 3.05) is 11.9 Å². The summed E-state index contributed by atoms with van der Waals surface area (Å²) < 4.78 is 8.39. The van der Waals surface area contributed by atoms with E-state index in [0.29, 0.717) is 43.1 Å². The maximum atomic E-state index is 12.2. The highest BCUT2D eigenvalue weighted by Gasteiger charge is 2.08. The lowest BCUT2D eigenvalue weighted by Gasteiger charge is -2.10. The van der Waals surface area contributed by atoms with Gasteiger partial charge in [-0.1, -0.05) is 28.1 Å². The lowest BCUT2D eigenvalue weighted by molar-refractivity contribution is -0.116. The van der Waals surface area contributed by atoms with Gasteiger partial charge in [0, 0.05) is 22.5 Å². The van der Waals surface area contributed by atoms with Crippen LogP contribution in [0.4, 0.5) is 5.82 Å². The van der Waals surface area contributed by atoms with Crippen molar-refractivity contribution in [1.29, 1.82) is 0 Å². The molecule has 0 fully saturated rings. The van der Waals surface area contributed by atoms with Crippen LogP contribution in [-0.4, -0.2) is 28.1 Å². The van der Waals surface area contributed by atoms with E-state index in [9.17, 15) is 9.59 Å². The molecular weight excluding hydrogens is 434 g/mol. The van der Waals surface area contributed by atoms with Crippen molar-refractivity contribution in [3.63, 3.8) is 0 Å². The first-order valence-corrected chi connectivity index (χ1v) is 10.1. The second-order valence-corrected chi connectivity index (χ2v) is 7.50. The molecule has 1 N–H and O–H groups in total. The van der Waals surface area contributed by atoms with Crippen LogP contribution < -0.4 is 10.1 Å². The van der Waals surface area contributed by atoms with E-state index in [1.165, 1.54) is 6.92 Å². The quantitative estimate of drug-likeness (QED) is 0.375. The number of anilines is 1. The van der Waals surface area contributed by atoms with Gasteiger partial charge in [-0.3, -0.25) is 9.59 Å². The predicted molar refractivity (Wildman–Crippen MR) is 115 cm³/mol. The molecule has 1 aromatic heterocycles. The SMILES string of the molecule is CC(=O)c1ccc(OCCCC(=O)Nc2ccnn2Cc2cccc(Br)c2)cc1. The van der Waals surface area contributed by atoms with E-state index in [1.807, 2.05) is 24.3 Å². The third-order valence-corrected chi connectivity index (χ3v) is 4.78. The Morgan fingerprint density at radius 3 is 2.66 bits per heavy atom. The van der Waals surface area contributed by atoms with Crippen molar-refractivity contribution in [3.05, 3.63) is 76.4 Å². The van der Waals surface area contributed by atoms with Crippen LogP contribution in [0, 0.1) is 0 Å². The minimum atomic E-state index is -0.0866. The fourth-order valence-electron chi connectivity index (χ4n) is 2.79. The van der Waals surface area contributed by atoms with Crippen molar-refractivity contribution in [1.82, 2.24) is 9.78 Å². The highest BCUT2D eigenvalue weighted by atomic mass is 79.9. The number of hydrogen-bond acceptors (Lipinski definition) is 4. The molecule has 0 spiro atoms. The molecule has 6 nitrogen and oxygen atoms in total. The van der Waals surface area contributed by atoms with Gasteiger partial charge in [-0.25, -0.2) is 4.68 Å². The van der Waals surface area contributed by atoms with Crippen molar-refractivity contribution in [2.45, 2.75) is 26.3 Å². The monoisotopic (exact) mass is 455 g/mol. The number of benzene rings is 2. The summed E-state index contributed by atoms with van der Waals surface area (Å²) in [6, 6.07) is 16.7. The maximum Gasteiger partial charge on any atom is 0.225 e. The first-order chi connectivity index (χ1) is 14.0. The molecule has 2 aromatic carbocycles. The Kier molecular flexibility index (Phi) is 7.19. The lowest BCUT2D eigenvalue weighted by Crippen LogP contribution is -2.16. The number of Topliss-reactive ketones (excluding diaryl/α,β-unsaturated/α-hetero) is 1. The van der Waals surface area contributed by atoms with E-state index < -0.39 is 0 Å². The number of nitrogens with zero attached hydrogens (tertiary/aromatic N) is 2. The molecule has 3 rings (SSSR count). The summed E-state index contributed by atoms with van der Waals surface area (Å²) in [6.07, 6.45) is 2.59. The number of ketones is 1. The van der Waals surface area contributed by atoms with Gasteiger partial charge in [0.2, 0.25) is 5.91 Å². The molecule has 0 aliphatic heterocycles. The Bertz CT molecular complexity index is 983. The Hall–Kier alpha value is -2.93. The molecule has 0 saturated carbocycles. The zero-order valence-corrected chi connectivity index (χ0v) is 17.7. The molecule has 0 bridgehead atoms. The van der Waals surface area contributed by atoms with Crippen LogP contribution in [-0.2, 0) is 11.3 Å². The molecule has 0 atom stereocenters. The van der Waals surface area contributed by atoms with Gasteiger partial charge in [0.1, 0.15) is 11.6 Å². The van der Waals surface area contributed by atoms with Crippen LogP contribution >= 0.6 is 15.9 Å². The molecule has 7 heteroatoms. The maximum absolute atomic E-state index is 12.2. The molecule has 3 aromatic rings. The van der Waals surface area contributed by atoms with E-state index in [4.69, 9.17) is 4.74 Å². The summed E-state index contributed by atoms with van der Waals surface area (Å²) in [5, 5.41) is 7.19. The number of rotatable bonds is 9. The molecule has 0 radical (unpaired) electrons. The van der Waals surface area contributed by atoms with Gasteiger partial charge in [0.05, 0.1) is 19.3 Å². The zero-order chi connectivity index (χ0) is 20.6. The fourth-order valence-corrected chi connectivity index (χ4v) is 3.23. The third-order valence-electron chi connectivity index (χ3n) is 4.28. The van der Waals surface area contributed by atoms with Crippen molar-refractivity contribution in [2.24, 2.45) is 0 Å². The van der Waals surface area contributed by atoms with Crippen molar-refractivity contribution < 1.29 is 14.3 Å². The lowest BCUT2D eigenvalue weighted by atomic mass is 10.1. The summed E-state index contributed by atoms with van der Waals surface area (Å²) in [7, 11) is 0. The van der Waals surface area contributed by atoms with Crippen molar-refractivity contribution >= 4 is 33.4 Å². The second kappa shape index (κ2) is 10.0. The Labute approximate surface area is 178 Å². The van der Waals surface area contributed by atoms with E-state index in [0.717, 1.165) is 10.0 Å². The van der Waals surface area contributed by atoms with E-state index in [1.54, 1.807) is 41.2 Å². The average molecular weight is 456 g/mol. The standard InChI is InChI=1S/C22H22BrN3O3/c1-16(27)18-7-9-20(10-8-18)29-13-3-6-22(28)25-21-11-12-24-26(21)15-17-4-2-5-19(23)14-17/h2,4-5,7-12,14H,3,6,13,15H2,1H3,(H,25,28). The first kappa shape index (κ1) is 20.8. The van der Waals surface area contributed by atoms with Gasteiger partial charge in [-0.15, -0.1) is 0 Å². The topological polar surface area (TPSA) is 73.2 Å². The molecule has 0 saturated heterocycles. The number of carbonyl (C=O) groups is 2. The number of ether oxygens (including phenoxy) is 1. The van der Waals surface area contributed by atoms with Gasteiger partial charge >= 0.3 is 0 Å². The van der Waals surface area contributed by atoms with E-state index in [-0.39, 0.29) is 11.7 Å². The summed E-state index contributed by atoms with van der Waals surface area (Å²) >= 11 is 3.46. The molecule has 29 heavy (non-hydrogen) atoms. The number of halogens is 1. The number of amides is 1. The normalized spacial score (nSPS) is 10.6. The highest BCUT2D eigenvalue weighted by Crippen LogP contribution is 2.16. The van der Waals surface area contributed by atoms with Crippen LogP contribution in [0.3, 0.4) is 0 Å². The van der Waals surface area contributed by atoms with Crippen LogP contribution in [0.15, 0.2) is 65.3 Å². The smallest absolute Gasteiger partial charge is 0.225 e. The minimum Gasteiger partial charge on any atom is -0.494 e. The average Bonchev–Trinajstić information content (AvgIpc) is 3.12. The number of aromatic nitrogens is 2. The van der Waals surface area contributed by atoms with Gasteiger partial charge in [-0.05, 0) is 55.3 Å². The van der Waals surface area contributed by atoms with E-state index in [2.05, 4.69) is 26.3 Å². The summed E-state index contributed by atoms with van der Waals surface area (Å²) in [5.41, 5.74) is 1.74. The first-order valence-electron chi connectivity index (χ1n) is 9.31. The summed E-state index contributed by atoms with van der Waals surface area (Å²) in [4.78, 5) is 23.5. The van der Waals surface area contributed by atoms with Gasteiger partial charge < -0.3 is 10.1 Å². The largest absolute Gasteiger partial charge is 0.494 e. The molecule has 1 amide bonds. The molecular formula is C22H22BrN3O3. The van der Waals surface area contributed by atoms with Crippen LogP contribution in [0.5, 0.6) is 5.75 Å². The molecule has 0 aliphatic carbocycles. The van der Waals surface area contributed by atoms with Gasteiger partial charge in [-0.2, -0.15) is 5.10 Å². The predicted octanol–water partition coefficient (Wildman–Crippen LogP) is 4.69. The fraction of sp³-hybridized carbons (Fsp3) is 0.227. The Morgan fingerprint density at radius 2 is 1.93 bits per heavy atom. The van der Waals surface area contributed by atoms with Gasteiger partial charge in [0.25, 0.3) is 0 Å². The third kappa shape index (κ3) is 6.29. The van der Waals surface area contributed by atoms with Gasteiger partial charge in [0.15, 0.2) is 5.78 Å². The van der Waals surface area contributed by atoms with Crippen LogP contribution in [0.25, 0.3) is 0 Å². The molecule has 1 heterocycles. The second-order valence-electron chi connectivity index (χ2n) is 6.58. The van der Waals surface area contributed by atoms with E-state index >= 15 is 0 Å². The Balaban J connectivity index is 1.44. The molecule has 0 unspecified atom stereocenters. The number of hydrogen-bond donors (Lipinski definition) is 1. The highest BCUT2D eigenvalue weighted by molar-refractivity contribution is 9.10.